The maximum absolute atomic E-state index is 5.67. The molecule has 3 rings (SSSR count). The zero-order valence-corrected chi connectivity index (χ0v) is 16.4. The van der Waals surface area contributed by atoms with Gasteiger partial charge in [-0.15, -0.1) is 0 Å². The summed E-state index contributed by atoms with van der Waals surface area (Å²) in [5, 5.41) is 2.62. The molecule has 0 aliphatic rings. The van der Waals surface area contributed by atoms with Gasteiger partial charge in [0.2, 0.25) is 0 Å². The molecule has 0 spiro atoms. The lowest BCUT2D eigenvalue weighted by molar-refractivity contribution is 0.377. The molecule has 3 aromatic carbocycles. The maximum atomic E-state index is 5.67. The first-order chi connectivity index (χ1) is 12.7. The van der Waals surface area contributed by atoms with Gasteiger partial charge in [0.25, 0.3) is 0 Å². The van der Waals surface area contributed by atoms with Crippen LogP contribution in [0.1, 0.15) is 0 Å². The molecule has 0 amide bonds. The highest BCUT2D eigenvalue weighted by Crippen LogP contribution is 2.44. The van der Waals surface area contributed by atoms with Crippen molar-refractivity contribution in [2.75, 3.05) is 28.0 Å². The van der Waals surface area contributed by atoms with E-state index in [2.05, 4.69) is 55.2 Å². The Hall–Kier alpha value is -2.51. The summed E-state index contributed by atoms with van der Waals surface area (Å²) in [4.78, 5) is 0. The van der Waals surface area contributed by atoms with Gasteiger partial charge in [-0.1, -0.05) is 54.6 Å². The molecule has 0 bridgehead atoms. The molecule has 0 N–H and O–H groups in total. The standard InChI is InChI=1S/C22H23O3P/c1-23-16-14-19(24-2)22(20(15-16)25-3)18-12-8-9-13-21(18)26(4)17-10-6-5-7-11-17/h5-15H,1-4H3/t26-/m0/s1. The van der Waals surface area contributed by atoms with Gasteiger partial charge in [0.15, 0.2) is 0 Å². The van der Waals surface area contributed by atoms with Crippen LogP contribution >= 0.6 is 7.92 Å². The van der Waals surface area contributed by atoms with E-state index in [-0.39, 0.29) is 0 Å². The molecule has 3 nitrogen and oxygen atoms in total. The van der Waals surface area contributed by atoms with E-state index in [1.54, 1.807) is 21.3 Å². The van der Waals surface area contributed by atoms with Gasteiger partial charge in [-0.05, 0) is 30.8 Å². The predicted molar refractivity (Wildman–Crippen MR) is 110 cm³/mol. The van der Waals surface area contributed by atoms with E-state index in [1.807, 2.05) is 18.2 Å². The number of hydrogen-bond acceptors (Lipinski definition) is 3. The van der Waals surface area contributed by atoms with E-state index in [1.165, 1.54) is 10.6 Å². The topological polar surface area (TPSA) is 27.7 Å². The number of benzene rings is 3. The van der Waals surface area contributed by atoms with Crippen LogP contribution in [0.5, 0.6) is 17.2 Å². The fraction of sp³-hybridized carbons (Fsp3) is 0.182. The first-order valence-corrected chi connectivity index (χ1v) is 10.2. The second-order valence-electron chi connectivity index (χ2n) is 5.82. The van der Waals surface area contributed by atoms with Crippen LogP contribution in [0.25, 0.3) is 11.1 Å². The molecule has 0 aliphatic carbocycles. The SMILES string of the molecule is COc1cc(OC)c(-c2ccccc2[P@@](C)c2ccccc2)c(OC)c1. The third-order valence-corrected chi connectivity index (χ3v) is 6.58. The highest BCUT2D eigenvalue weighted by Gasteiger charge is 2.20. The average molecular weight is 366 g/mol. The third kappa shape index (κ3) is 3.54. The lowest BCUT2D eigenvalue weighted by Crippen LogP contribution is -2.13. The molecule has 0 saturated carbocycles. The van der Waals surface area contributed by atoms with Gasteiger partial charge in [0.05, 0.1) is 26.9 Å². The molecule has 26 heavy (non-hydrogen) atoms. The van der Waals surface area contributed by atoms with Crippen LogP contribution in [0.4, 0.5) is 0 Å². The summed E-state index contributed by atoms with van der Waals surface area (Å²) in [6.07, 6.45) is 0. The van der Waals surface area contributed by atoms with Crippen molar-refractivity contribution in [3.63, 3.8) is 0 Å². The molecule has 134 valence electrons. The summed E-state index contributed by atoms with van der Waals surface area (Å²) in [5.74, 6) is 2.19. The van der Waals surface area contributed by atoms with Crippen LogP contribution in [0.3, 0.4) is 0 Å². The van der Waals surface area contributed by atoms with Gasteiger partial charge in [-0.25, -0.2) is 0 Å². The first-order valence-electron chi connectivity index (χ1n) is 8.37. The average Bonchev–Trinajstić information content (AvgIpc) is 2.72. The molecule has 0 aromatic heterocycles. The second-order valence-corrected chi connectivity index (χ2v) is 7.93. The molecule has 0 heterocycles. The zero-order valence-electron chi connectivity index (χ0n) is 15.5. The quantitative estimate of drug-likeness (QED) is 0.604. The van der Waals surface area contributed by atoms with Crippen LogP contribution in [0.15, 0.2) is 66.7 Å². The molecular formula is C22H23O3P. The van der Waals surface area contributed by atoms with Crippen LogP contribution in [-0.2, 0) is 0 Å². The summed E-state index contributed by atoms with van der Waals surface area (Å²) >= 11 is 0. The molecule has 0 unspecified atom stereocenters. The summed E-state index contributed by atoms with van der Waals surface area (Å²) in [5.41, 5.74) is 2.08. The first kappa shape index (κ1) is 18.3. The minimum atomic E-state index is -0.504. The normalized spacial score (nSPS) is 11.7. The van der Waals surface area contributed by atoms with Gasteiger partial charge < -0.3 is 14.2 Å². The molecule has 0 fully saturated rings. The van der Waals surface area contributed by atoms with Crippen molar-refractivity contribution in [1.29, 1.82) is 0 Å². The Morgan fingerprint density at radius 1 is 0.692 bits per heavy atom. The van der Waals surface area contributed by atoms with Crippen LogP contribution in [-0.4, -0.2) is 28.0 Å². The molecule has 0 radical (unpaired) electrons. The van der Waals surface area contributed by atoms with E-state index in [0.29, 0.717) is 5.75 Å². The lowest BCUT2D eigenvalue weighted by atomic mass is 10.0. The number of methoxy groups -OCH3 is 3. The Balaban J connectivity index is 2.20. The summed E-state index contributed by atoms with van der Waals surface area (Å²) < 4.78 is 16.7. The summed E-state index contributed by atoms with van der Waals surface area (Å²) in [7, 11) is 4.48. The summed E-state index contributed by atoms with van der Waals surface area (Å²) in [6, 6.07) is 22.9. The third-order valence-electron chi connectivity index (χ3n) is 4.39. The van der Waals surface area contributed by atoms with Gasteiger partial charge in [-0.3, -0.25) is 0 Å². The second kappa shape index (κ2) is 8.25. The minimum Gasteiger partial charge on any atom is -0.496 e. The zero-order chi connectivity index (χ0) is 18.5. The van der Waals surface area contributed by atoms with E-state index < -0.39 is 7.92 Å². The molecule has 0 aliphatic heterocycles. The highest BCUT2D eigenvalue weighted by atomic mass is 31.1. The Bertz CT molecular complexity index is 853. The maximum Gasteiger partial charge on any atom is 0.134 e. The Labute approximate surface area is 156 Å². The van der Waals surface area contributed by atoms with Crippen molar-refractivity contribution in [2.45, 2.75) is 0 Å². The lowest BCUT2D eigenvalue weighted by Gasteiger charge is -2.21. The van der Waals surface area contributed by atoms with Crippen LogP contribution < -0.4 is 24.8 Å². The smallest absolute Gasteiger partial charge is 0.134 e. The van der Waals surface area contributed by atoms with Crippen LogP contribution in [0.2, 0.25) is 0 Å². The fourth-order valence-electron chi connectivity index (χ4n) is 3.04. The van der Waals surface area contributed by atoms with Crippen molar-refractivity contribution in [1.82, 2.24) is 0 Å². The largest absolute Gasteiger partial charge is 0.496 e. The van der Waals surface area contributed by atoms with Crippen molar-refractivity contribution >= 4 is 18.5 Å². The molecule has 0 saturated heterocycles. The Morgan fingerprint density at radius 3 is 1.85 bits per heavy atom. The number of hydrogen-bond donors (Lipinski definition) is 0. The van der Waals surface area contributed by atoms with Crippen molar-refractivity contribution in [2.24, 2.45) is 0 Å². The minimum absolute atomic E-state index is 0.504. The molecule has 4 heteroatoms. The van der Waals surface area contributed by atoms with Crippen molar-refractivity contribution < 1.29 is 14.2 Å². The van der Waals surface area contributed by atoms with E-state index in [4.69, 9.17) is 14.2 Å². The highest BCUT2D eigenvalue weighted by molar-refractivity contribution is 7.72. The molecule has 3 aromatic rings. The predicted octanol–water partition coefficient (Wildman–Crippen LogP) is 4.44. The number of rotatable bonds is 6. The number of ether oxygens (including phenoxy) is 3. The monoisotopic (exact) mass is 366 g/mol. The van der Waals surface area contributed by atoms with Crippen molar-refractivity contribution in [3.8, 4) is 28.4 Å². The summed E-state index contributed by atoms with van der Waals surface area (Å²) in [6.45, 7) is 2.28. The van der Waals surface area contributed by atoms with E-state index in [0.717, 1.165) is 22.6 Å². The van der Waals surface area contributed by atoms with E-state index >= 15 is 0 Å². The van der Waals surface area contributed by atoms with Gasteiger partial charge in [0, 0.05) is 12.1 Å². The Morgan fingerprint density at radius 2 is 1.27 bits per heavy atom. The van der Waals surface area contributed by atoms with Crippen molar-refractivity contribution in [3.05, 3.63) is 66.7 Å². The van der Waals surface area contributed by atoms with E-state index in [9.17, 15) is 0 Å². The molecular weight excluding hydrogens is 343 g/mol. The fourth-order valence-corrected chi connectivity index (χ4v) is 4.79. The molecule has 1 atom stereocenters. The van der Waals surface area contributed by atoms with Gasteiger partial charge in [0.1, 0.15) is 17.2 Å². The van der Waals surface area contributed by atoms with Gasteiger partial charge in [-0.2, -0.15) is 0 Å². The van der Waals surface area contributed by atoms with Gasteiger partial charge >= 0.3 is 0 Å². The Kier molecular flexibility index (Phi) is 5.80. The van der Waals surface area contributed by atoms with Crippen LogP contribution in [0, 0.1) is 0 Å².